The fourth-order valence-electron chi connectivity index (χ4n) is 3.38. The predicted molar refractivity (Wildman–Crippen MR) is 109 cm³/mol. The monoisotopic (exact) mass is 418 g/mol. The summed E-state index contributed by atoms with van der Waals surface area (Å²) in [5.74, 6) is -1.24. The van der Waals surface area contributed by atoms with Crippen molar-refractivity contribution in [2.75, 3.05) is 42.8 Å². The van der Waals surface area contributed by atoms with Gasteiger partial charge in [-0.15, -0.1) is 0 Å². The molecule has 2 aromatic carbocycles. The van der Waals surface area contributed by atoms with Gasteiger partial charge in [0.15, 0.2) is 0 Å². The van der Waals surface area contributed by atoms with E-state index < -0.39 is 26.6 Å². The maximum Gasteiger partial charge on any atom is 0.265 e. The topological polar surface area (TPSA) is 65.5 Å². The van der Waals surface area contributed by atoms with Gasteiger partial charge in [-0.1, -0.05) is 24.3 Å². The van der Waals surface area contributed by atoms with Gasteiger partial charge in [0, 0.05) is 37.6 Å². The van der Waals surface area contributed by atoms with Crippen LogP contribution in [0.1, 0.15) is 0 Å². The van der Waals surface area contributed by atoms with E-state index >= 15 is 0 Å². The van der Waals surface area contributed by atoms with Crippen LogP contribution in [0.5, 0.6) is 0 Å². The number of piperazine rings is 1. The van der Waals surface area contributed by atoms with Gasteiger partial charge in [-0.2, -0.15) is 0 Å². The van der Waals surface area contributed by atoms with E-state index in [1.54, 1.807) is 6.07 Å². The number of sulfonamides is 1. The first kappa shape index (κ1) is 19.5. The zero-order valence-electron chi connectivity index (χ0n) is 15.8. The number of fused-ring (bicyclic) bond motifs is 1. The molecule has 0 bridgehead atoms. The Morgan fingerprint density at radius 2 is 1.72 bits per heavy atom. The maximum atomic E-state index is 14.0. The average Bonchev–Trinajstić information content (AvgIpc) is 2.67. The lowest BCUT2D eigenvalue weighted by Crippen LogP contribution is -2.45. The predicted octanol–water partition coefficient (Wildman–Crippen LogP) is 3.07. The number of anilines is 2. The molecule has 3 aromatic rings. The molecule has 1 aliphatic heterocycles. The third-order valence-electron chi connectivity index (χ3n) is 4.95. The van der Waals surface area contributed by atoms with E-state index in [1.807, 2.05) is 31.3 Å². The van der Waals surface area contributed by atoms with Gasteiger partial charge >= 0.3 is 0 Å². The van der Waals surface area contributed by atoms with Gasteiger partial charge in [0.2, 0.25) is 0 Å². The molecule has 4 rings (SSSR count). The number of likely N-dealkylation sites (N-methyl/N-ethyl adjacent to an activating group) is 1. The van der Waals surface area contributed by atoms with Crippen molar-refractivity contribution in [1.29, 1.82) is 0 Å². The van der Waals surface area contributed by atoms with E-state index in [4.69, 9.17) is 0 Å². The average molecular weight is 418 g/mol. The lowest BCUT2D eigenvalue weighted by molar-refractivity contribution is 0.312. The van der Waals surface area contributed by atoms with Gasteiger partial charge in [0.05, 0.1) is 0 Å². The molecule has 1 aliphatic rings. The molecule has 0 unspecified atom stereocenters. The summed E-state index contributed by atoms with van der Waals surface area (Å²) in [4.78, 5) is 8.22. The number of halogens is 2. The van der Waals surface area contributed by atoms with E-state index in [0.29, 0.717) is 11.9 Å². The number of pyridine rings is 1. The van der Waals surface area contributed by atoms with Crippen LogP contribution in [0.4, 0.5) is 20.4 Å². The van der Waals surface area contributed by atoms with E-state index in [2.05, 4.69) is 19.5 Å². The van der Waals surface area contributed by atoms with Gasteiger partial charge in [0.25, 0.3) is 10.0 Å². The lowest BCUT2D eigenvalue weighted by atomic mass is 10.1. The van der Waals surface area contributed by atoms with Gasteiger partial charge in [0.1, 0.15) is 28.2 Å². The van der Waals surface area contributed by atoms with Crippen LogP contribution in [-0.2, 0) is 10.0 Å². The second-order valence-electron chi connectivity index (χ2n) is 7.02. The summed E-state index contributed by atoms with van der Waals surface area (Å²) in [7, 11) is -2.22. The summed E-state index contributed by atoms with van der Waals surface area (Å²) < 4.78 is 54.8. The fourth-order valence-corrected chi connectivity index (χ4v) is 4.43. The van der Waals surface area contributed by atoms with Crippen molar-refractivity contribution in [2.24, 2.45) is 0 Å². The summed E-state index contributed by atoms with van der Waals surface area (Å²) in [6.07, 6.45) is 0. The second-order valence-corrected chi connectivity index (χ2v) is 8.67. The van der Waals surface area contributed by atoms with Crippen LogP contribution in [0.2, 0.25) is 0 Å². The first-order valence-corrected chi connectivity index (χ1v) is 10.6. The van der Waals surface area contributed by atoms with Crippen molar-refractivity contribution in [2.45, 2.75) is 4.90 Å². The normalized spacial score (nSPS) is 15.6. The van der Waals surface area contributed by atoms with Crippen LogP contribution in [0, 0.1) is 11.6 Å². The molecule has 1 saturated heterocycles. The summed E-state index contributed by atoms with van der Waals surface area (Å²) in [6, 6.07) is 11.5. The Morgan fingerprint density at radius 3 is 2.45 bits per heavy atom. The van der Waals surface area contributed by atoms with E-state index in [-0.39, 0.29) is 5.82 Å². The third kappa shape index (κ3) is 4.01. The minimum atomic E-state index is -4.27. The molecule has 0 amide bonds. The molecule has 1 N–H and O–H groups in total. The largest absolute Gasteiger partial charge is 0.353 e. The minimum absolute atomic E-state index is 0.0846. The number of aromatic nitrogens is 1. The van der Waals surface area contributed by atoms with Crippen LogP contribution in [0.25, 0.3) is 10.8 Å². The Kier molecular flexibility index (Phi) is 5.10. The Morgan fingerprint density at radius 1 is 1.00 bits per heavy atom. The molecular weight excluding hydrogens is 398 g/mol. The first-order chi connectivity index (χ1) is 13.8. The molecule has 9 heteroatoms. The molecule has 29 heavy (non-hydrogen) atoms. The van der Waals surface area contributed by atoms with Crippen LogP contribution in [0.15, 0.2) is 53.4 Å². The molecule has 2 heterocycles. The van der Waals surface area contributed by atoms with Crippen LogP contribution in [0.3, 0.4) is 0 Å². The number of nitrogens with one attached hydrogen (secondary N) is 1. The van der Waals surface area contributed by atoms with Gasteiger partial charge in [-0.05, 0) is 30.6 Å². The van der Waals surface area contributed by atoms with Crippen LogP contribution < -0.4 is 9.62 Å². The summed E-state index contributed by atoms with van der Waals surface area (Å²) in [5.41, 5.74) is 0. The van der Waals surface area contributed by atoms with Gasteiger partial charge in [-0.3, -0.25) is 4.72 Å². The Bertz CT molecular complexity index is 1160. The number of hydrogen-bond acceptors (Lipinski definition) is 5. The second kappa shape index (κ2) is 7.57. The number of benzene rings is 2. The molecule has 1 fully saturated rings. The number of hydrogen-bond donors (Lipinski definition) is 1. The van der Waals surface area contributed by atoms with Crippen LogP contribution in [-0.4, -0.2) is 51.5 Å². The molecule has 0 aliphatic carbocycles. The smallest absolute Gasteiger partial charge is 0.265 e. The fraction of sp³-hybridized carbons (Fsp3) is 0.250. The van der Waals surface area contributed by atoms with Crippen LogP contribution >= 0.6 is 0 Å². The molecule has 0 saturated carbocycles. The SMILES string of the molecule is CN1CCN(c2nc(NS(=O)(=O)c3ccc(F)cc3F)cc3ccccc23)CC1. The highest BCUT2D eigenvalue weighted by molar-refractivity contribution is 7.92. The Hall–Kier alpha value is -2.78. The lowest BCUT2D eigenvalue weighted by Gasteiger charge is -2.34. The van der Waals surface area contributed by atoms with Crippen molar-refractivity contribution in [3.63, 3.8) is 0 Å². The highest BCUT2D eigenvalue weighted by Gasteiger charge is 2.23. The summed E-state index contributed by atoms with van der Waals surface area (Å²) in [6.45, 7) is 3.26. The molecule has 6 nitrogen and oxygen atoms in total. The van der Waals surface area contributed by atoms with Crippen molar-refractivity contribution in [3.05, 3.63) is 60.2 Å². The molecule has 152 valence electrons. The third-order valence-corrected chi connectivity index (χ3v) is 6.33. The quantitative estimate of drug-likeness (QED) is 0.706. The van der Waals surface area contributed by atoms with Crippen molar-refractivity contribution in [1.82, 2.24) is 9.88 Å². The number of nitrogens with zero attached hydrogens (tertiary/aromatic N) is 3. The van der Waals surface area contributed by atoms with Crippen molar-refractivity contribution in [3.8, 4) is 0 Å². The molecular formula is C20H20F2N4O2S. The standard InChI is InChI=1S/C20H20F2N4O2S/c1-25-8-10-26(11-9-25)20-16-5-3-2-4-14(16)12-19(23-20)24-29(27,28)18-7-6-15(21)13-17(18)22/h2-7,12-13H,8-11H2,1H3,(H,23,24). The highest BCUT2D eigenvalue weighted by Crippen LogP contribution is 2.29. The van der Waals surface area contributed by atoms with Crippen molar-refractivity contribution >= 4 is 32.4 Å². The number of rotatable bonds is 4. The zero-order chi connectivity index (χ0) is 20.6. The minimum Gasteiger partial charge on any atom is -0.353 e. The maximum absolute atomic E-state index is 14.0. The Balaban J connectivity index is 1.74. The summed E-state index contributed by atoms with van der Waals surface area (Å²) >= 11 is 0. The zero-order valence-corrected chi connectivity index (χ0v) is 16.6. The molecule has 0 radical (unpaired) electrons. The van der Waals surface area contributed by atoms with E-state index in [1.165, 1.54) is 0 Å². The van der Waals surface area contributed by atoms with E-state index in [0.717, 1.165) is 49.1 Å². The van der Waals surface area contributed by atoms with Gasteiger partial charge in [-0.25, -0.2) is 22.2 Å². The van der Waals surface area contributed by atoms with Gasteiger partial charge < -0.3 is 9.80 Å². The summed E-state index contributed by atoms with van der Waals surface area (Å²) in [5, 5.41) is 1.72. The van der Waals surface area contributed by atoms with Crippen molar-refractivity contribution < 1.29 is 17.2 Å². The molecule has 0 atom stereocenters. The molecule has 1 aromatic heterocycles. The van der Waals surface area contributed by atoms with E-state index in [9.17, 15) is 17.2 Å². The first-order valence-electron chi connectivity index (χ1n) is 9.15. The highest BCUT2D eigenvalue weighted by atomic mass is 32.2. The Labute approximate surface area is 167 Å². The molecule has 0 spiro atoms.